The molecule has 1 fully saturated rings. The van der Waals surface area contributed by atoms with Gasteiger partial charge in [-0.25, -0.2) is 4.39 Å². The highest BCUT2D eigenvalue weighted by molar-refractivity contribution is 5.83. The molecule has 2 amide bonds. The quantitative estimate of drug-likeness (QED) is 0.474. The molecule has 38 heavy (non-hydrogen) atoms. The van der Waals surface area contributed by atoms with Gasteiger partial charge in [-0.05, 0) is 41.8 Å². The molecule has 1 aliphatic rings. The van der Waals surface area contributed by atoms with Crippen molar-refractivity contribution in [3.05, 3.63) is 89.2 Å². The molecule has 196 valence electrons. The average Bonchev–Trinajstić information content (AvgIpc) is 2.94. The summed E-state index contributed by atoms with van der Waals surface area (Å²) in [5.41, 5.74) is 3.39. The van der Waals surface area contributed by atoms with Gasteiger partial charge in [-0.15, -0.1) is 0 Å². The van der Waals surface area contributed by atoms with Crippen LogP contribution in [0.25, 0.3) is 11.1 Å². The van der Waals surface area contributed by atoms with E-state index >= 15 is 0 Å². The molecular weight excluding hydrogens is 483 g/mol. The van der Waals surface area contributed by atoms with Crippen molar-refractivity contribution in [2.24, 2.45) is 0 Å². The van der Waals surface area contributed by atoms with Crippen LogP contribution in [0.15, 0.2) is 66.7 Å². The molecule has 4 rings (SSSR count). The summed E-state index contributed by atoms with van der Waals surface area (Å²) in [6, 6.07) is 22.1. The van der Waals surface area contributed by atoms with E-state index in [-0.39, 0.29) is 35.9 Å². The van der Waals surface area contributed by atoms with Gasteiger partial charge in [0.05, 0.1) is 25.3 Å². The molecule has 7 nitrogen and oxygen atoms in total. The van der Waals surface area contributed by atoms with E-state index in [0.29, 0.717) is 36.5 Å². The second kappa shape index (κ2) is 12.3. The van der Waals surface area contributed by atoms with E-state index in [1.807, 2.05) is 36.4 Å². The van der Waals surface area contributed by atoms with Crippen molar-refractivity contribution < 1.29 is 18.7 Å². The lowest BCUT2D eigenvalue weighted by Gasteiger charge is -2.39. The number of likely N-dealkylation sites (tertiary alicyclic amines) is 1. The molecule has 0 aliphatic carbocycles. The average molecular weight is 515 g/mol. The summed E-state index contributed by atoms with van der Waals surface area (Å²) >= 11 is 0. The lowest BCUT2D eigenvalue weighted by molar-refractivity contribution is -0.133. The molecule has 3 aromatic rings. The van der Waals surface area contributed by atoms with E-state index in [1.165, 1.54) is 13.0 Å². The van der Waals surface area contributed by atoms with E-state index in [9.17, 15) is 14.0 Å². The van der Waals surface area contributed by atoms with Crippen LogP contribution in [0.2, 0.25) is 0 Å². The molecule has 2 atom stereocenters. The van der Waals surface area contributed by atoms with Gasteiger partial charge < -0.3 is 20.3 Å². The van der Waals surface area contributed by atoms with Crippen molar-refractivity contribution >= 4 is 11.8 Å². The zero-order valence-corrected chi connectivity index (χ0v) is 21.5. The summed E-state index contributed by atoms with van der Waals surface area (Å²) < 4.78 is 20.3. The lowest BCUT2D eigenvalue weighted by Crippen LogP contribution is -2.51. The number of methoxy groups -OCH3 is 1. The number of carbonyl (C=O) groups is 2. The molecule has 8 heteroatoms. The molecule has 2 N–H and O–H groups in total. The Labute approximate surface area is 222 Å². The minimum absolute atomic E-state index is 0.00909. The van der Waals surface area contributed by atoms with Gasteiger partial charge in [0.1, 0.15) is 11.6 Å². The number of hydrogen-bond acceptors (Lipinski definition) is 5. The molecule has 0 aromatic heterocycles. The number of nitrogens with zero attached hydrogens (tertiary/aromatic N) is 2. The van der Waals surface area contributed by atoms with Gasteiger partial charge in [-0.2, -0.15) is 5.26 Å². The Balaban J connectivity index is 1.53. The first-order valence-electron chi connectivity index (χ1n) is 12.6. The minimum Gasteiger partial charge on any atom is -0.496 e. The van der Waals surface area contributed by atoms with Crippen molar-refractivity contribution in [3.8, 4) is 22.9 Å². The molecule has 0 radical (unpaired) electrons. The van der Waals surface area contributed by atoms with Gasteiger partial charge in [-0.1, -0.05) is 42.5 Å². The minimum atomic E-state index is -0.450. The highest BCUT2D eigenvalue weighted by Crippen LogP contribution is 2.31. The number of nitriles is 1. The lowest BCUT2D eigenvalue weighted by atomic mass is 9.85. The van der Waals surface area contributed by atoms with Crippen LogP contribution in [0.5, 0.6) is 5.75 Å². The fraction of sp³-hybridized carbons (Fsp3) is 0.300. The zero-order valence-electron chi connectivity index (χ0n) is 21.5. The fourth-order valence-corrected chi connectivity index (χ4v) is 4.92. The summed E-state index contributed by atoms with van der Waals surface area (Å²) in [4.78, 5) is 25.8. The topological polar surface area (TPSA) is 94.5 Å². The molecule has 1 aliphatic heterocycles. The van der Waals surface area contributed by atoms with Gasteiger partial charge in [0.15, 0.2) is 0 Å². The van der Waals surface area contributed by atoms with E-state index < -0.39 is 5.82 Å². The van der Waals surface area contributed by atoms with Gasteiger partial charge in [0, 0.05) is 49.6 Å². The number of nitrogens with one attached hydrogen (secondary N) is 2. The van der Waals surface area contributed by atoms with Gasteiger partial charge in [0.25, 0.3) is 0 Å². The second-order valence-electron chi connectivity index (χ2n) is 9.38. The first-order valence-corrected chi connectivity index (χ1v) is 12.6. The maximum Gasteiger partial charge on any atom is 0.241 e. The standard InChI is InChI=1S/C30H31FN4O3/c1-20(36)33-18-30(37)35-13-12-28(26(19-35)22-6-4-3-5-7-22)34-17-24-15-23(9-11-29(24)38-2)25-10-8-21(16-32)14-27(25)31/h3-11,14-15,26,28,34H,12-13,17-19H2,1-2H3,(H,33,36). The molecule has 0 spiro atoms. The summed E-state index contributed by atoms with van der Waals surface area (Å²) in [6.07, 6.45) is 0.734. The van der Waals surface area contributed by atoms with Crippen LogP contribution < -0.4 is 15.4 Å². The number of rotatable bonds is 8. The zero-order chi connectivity index (χ0) is 27.1. The van der Waals surface area contributed by atoms with Crippen molar-refractivity contribution in [2.75, 3.05) is 26.7 Å². The molecule has 0 bridgehead atoms. The predicted molar refractivity (Wildman–Crippen MR) is 143 cm³/mol. The van der Waals surface area contributed by atoms with Gasteiger partial charge >= 0.3 is 0 Å². The second-order valence-corrected chi connectivity index (χ2v) is 9.38. The summed E-state index contributed by atoms with van der Waals surface area (Å²) in [5.74, 6) is -0.0376. The number of ether oxygens (including phenoxy) is 1. The Hall–Kier alpha value is -4.22. The molecule has 0 saturated carbocycles. The smallest absolute Gasteiger partial charge is 0.241 e. The van der Waals surface area contributed by atoms with Crippen molar-refractivity contribution in [1.82, 2.24) is 15.5 Å². The van der Waals surface area contributed by atoms with Crippen LogP contribution in [0, 0.1) is 17.1 Å². The Bertz CT molecular complexity index is 1340. The van der Waals surface area contributed by atoms with Crippen LogP contribution in [0.3, 0.4) is 0 Å². The maximum atomic E-state index is 14.7. The molecule has 2 unspecified atom stereocenters. The van der Waals surface area contributed by atoms with Crippen LogP contribution in [-0.4, -0.2) is 49.5 Å². The van der Waals surface area contributed by atoms with Gasteiger partial charge in [-0.3, -0.25) is 9.59 Å². The summed E-state index contributed by atoms with van der Waals surface area (Å²) in [6.45, 7) is 2.99. The number of amides is 2. The fourth-order valence-electron chi connectivity index (χ4n) is 4.92. The van der Waals surface area contributed by atoms with Crippen molar-refractivity contribution in [3.63, 3.8) is 0 Å². The molecule has 3 aromatic carbocycles. The molecule has 1 heterocycles. The Kier molecular flexibility index (Phi) is 8.72. The SMILES string of the molecule is COc1ccc(-c2ccc(C#N)cc2F)cc1CNC1CCN(C(=O)CNC(C)=O)CC1c1ccccc1. The van der Waals surface area contributed by atoms with Crippen molar-refractivity contribution in [1.29, 1.82) is 5.26 Å². The first-order chi connectivity index (χ1) is 18.4. The number of carbonyl (C=O) groups excluding carboxylic acids is 2. The van der Waals surface area contributed by atoms with E-state index in [2.05, 4.69) is 22.8 Å². The van der Waals surface area contributed by atoms with E-state index in [1.54, 1.807) is 30.2 Å². The largest absolute Gasteiger partial charge is 0.496 e. The maximum absolute atomic E-state index is 14.7. The highest BCUT2D eigenvalue weighted by atomic mass is 19.1. The number of piperidine rings is 1. The Morgan fingerprint density at radius 2 is 1.92 bits per heavy atom. The first kappa shape index (κ1) is 26.8. The van der Waals surface area contributed by atoms with Crippen LogP contribution in [-0.2, 0) is 16.1 Å². The summed E-state index contributed by atoms with van der Waals surface area (Å²) in [5, 5.41) is 15.3. The monoisotopic (exact) mass is 514 g/mol. The normalized spacial score (nSPS) is 16.9. The van der Waals surface area contributed by atoms with Crippen LogP contribution in [0.4, 0.5) is 4.39 Å². The van der Waals surface area contributed by atoms with Crippen LogP contribution >= 0.6 is 0 Å². The third-order valence-electron chi connectivity index (χ3n) is 6.93. The van der Waals surface area contributed by atoms with E-state index in [0.717, 1.165) is 17.5 Å². The van der Waals surface area contributed by atoms with E-state index in [4.69, 9.17) is 10.00 Å². The highest BCUT2D eigenvalue weighted by Gasteiger charge is 2.32. The van der Waals surface area contributed by atoms with Gasteiger partial charge in [0.2, 0.25) is 11.8 Å². The number of hydrogen-bond donors (Lipinski definition) is 2. The van der Waals surface area contributed by atoms with Crippen molar-refractivity contribution in [2.45, 2.75) is 31.8 Å². The third-order valence-corrected chi connectivity index (χ3v) is 6.93. The number of benzene rings is 3. The molecular formula is C30H31FN4O3. The Morgan fingerprint density at radius 1 is 1.13 bits per heavy atom. The third kappa shape index (κ3) is 6.36. The predicted octanol–water partition coefficient (Wildman–Crippen LogP) is 3.98. The summed E-state index contributed by atoms with van der Waals surface area (Å²) in [7, 11) is 1.60. The Morgan fingerprint density at radius 3 is 2.61 bits per heavy atom. The van der Waals surface area contributed by atoms with Crippen LogP contribution in [0.1, 0.15) is 36.0 Å². The number of halogens is 1. The molecule has 1 saturated heterocycles.